The molecule has 2 fully saturated rings. The van der Waals surface area contributed by atoms with Crippen LogP contribution in [0.3, 0.4) is 0 Å². The first kappa shape index (κ1) is 18.4. The van der Waals surface area contributed by atoms with Crippen molar-refractivity contribution in [2.24, 2.45) is 11.8 Å². The molecule has 3 heterocycles. The first-order chi connectivity index (χ1) is 13.2. The van der Waals surface area contributed by atoms with Crippen molar-refractivity contribution in [2.45, 2.75) is 44.2 Å². The van der Waals surface area contributed by atoms with Crippen LogP contribution in [0.4, 0.5) is 5.95 Å². The summed E-state index contributed by atoms with van der Waals surface area (Å²) in [7, 11) is 0. The smallest absolute Gasteiger partial charge is 0.225 e. The monoisotopic (exact) mass is 386 g/mol. The van der Waals surface area contributed by atoms with Crippen LogP contribution in [0.5, 0.6) is 0 Å². The fourth-order valence-electron chi connectivity index (χ4n) is 4.36. The molecule has 1 saturated carbocycles. The average molecular weight is 387 g/mol. The van der Waals surface area contributed by atoms with Gasteiger partial charge in [0.15, 0.2) is 0 Å². The second kappa shape index (κ2) is 8.35. The number of carbonyl (C=O) groups is 1. The molecule has 1 amide bonds. The second-order valence-corrected chi connectivity index (χ2v) is 8.65. The predicted octanol–water partition coefficient (Wildman–Crippen LogP) is 2.25. The number of carbonyl (C=O) groups excluding carboxylic acids is 1. The number of aryl methyl sites for hydroxylation is 1. The third-order valence-corrected chi connectivity index (χ3v) is 6.67. The maximum absolute atomic E-state index is 12.3. The molecule has 0 radical (unpaired) electrons. The van der Waals surface area contributed by atoms with Crippen LogP contribution in [0, 0.1) is 11.8 Å². The second-order valence-electron chi connectivity index (χ2n) is 7.62. The van der Waals surface area contributed by atoms with E-state index in [0.29, 0.717) is 18.3 Å². The van der Waals surface area contributed by atoms with E-state index in [0.717, 1.165) is 44.7 Å². The van der Waals surface area contributed by atoms with Gasteiger partial charge in [-0.3, -0.25) is 4.79 Å². The maximum Gasteiger partial charge on any atom is 0.225 e. The predicted molar refractivity (Wildman–Crippen MR) is 106 cm³/mol. The van der Waals surface area contributed by atoms with Gasteiger partial charge in [0, 0.05) is 36.8 Å². The van der Waals surface area contributed by atoms with E-state index < -0.39 is 6.10 Å². The van der Waals surface area contributed by atoms with Gasteiger partial charge < -0.3 is 15.3 Å². The van der Waals surface area contributed by atoms with Crippen molar-refractivity contribution < 1.29 is 9.90 Å². The van der Waals surface area contributed by atoms with E-state index in [-0.39, 0.29) is 11.9 Å². The number of aliphatic hydroxyl groups excluding tert-OH is 1. The number of anilines is 1. The number of aromatic nitrogens is 2. The van der Waals surface area contributed by atoms with Gasteiger partial charge in [-0.2, -0.15) is 0 Å². The van der Waals surface area contributed by atoms with Crippen molar-refractivity contribution in [2.75, 3.05) is 18.0 Å². The van der Waals surface area contributed by atoms with Gasteiger partial charge in [0.25, 0.3) is 0 Å². The van der Waals surface area contributed by atoms with E-state index >= 15 is 0 Å². The Bertz CT molecular complexity index is 740. The number of thiophene rings is 1. The third-order valence-electron chi connectivity index (χ3n) is 5.73. The fourth-order valence-corrected chi connectivity index (χ4v) is 5.11. The largest absolute Gasteiger partial charge is 0.391 e. The molecule has 1 aliphatic carbocycles. The highest BCUT2D eigenvalue weighted by atomic mass is 32.1. The lowest BCUT2D eigenvalue weighted by Gasteiger charge is -2.35. The lowest BCUT2D eigenvalue weighted by atomic mass is 9.77. The molecular weight excluding hydrogens is 360 g/mol. The van der Waals surface area contributed by atoms with Crippen LogP contribution in [0.1, 0.15) is 30.6 Å². The Morgan fingerprint density at radius 1 is 1.22 bits per heavy atom. The lowest BCUT2D eigenvalue weighted by molar-refractivity contribution is -0.123. The summed E-state index contributed by atoms with van der Waals surface area (Å²) in [6.07, 6.45) is 6.91. The summed E-state index contributed by atoms with van der Waals surface area (Å²) in [6, 6.07) is 5.83. The Morgan fingerprint density at radius 3 is 2.74 bits per heavy atom. The molecule has 0 unspecified atom stereocenters. The van der Waals surface area contributed by atoms with Crippen molar-refractivity contribution in [3.8, 4) is 0 Å². The zero-order chi connectivity index (χ0) is 18.6. The van der Waals surface area contributed by atoms with E-state index in [1.54, 1.807) is 23.7 Å². The number of nitrogens with zero attached hydrogens (tertiary/aromatic N) is 3. The minimum absolute atomic E-state index is 0.0512. The van der Waals surface area contributed by atoms with Crippen LogP contribution in [0.25, 0.3) is 0 Å². The molecule has 27 heavy (non-hydrogen) atoms. The summed E-state index contributed by atoms with van der Waals surface area (Å²) in [6.45, 7) is 1.78. The van der Waals surface area contributed by atoms with Gasteiger partial charge in [-0.1, -0.05) is 6.07 Å². The number of aliphatic hydroxyl groups is 1. The summed E-state index contributed by atoms with van der Waals surface area (Å²) >= 11 is 1.73. The van der Waals surface area contributed by atoms with Crippen LogP contribution in [0.2, 0.25) is 0 Å². The highest BCUT2D eigenvalue weighted by Gasteiger charge is 2.42. The van der Waals surface area contributed by atoms with E-state index in [1.807, 2.05) is 12.1 Å². The minimum Gasteiger partial charge on any atom is -0.391 e. The lowest BCUT2D eigenvalue weighted by Crippen LogP contribution is -2.49. The summed E-state index contributed by atoms with van der Waals surface area (Å²) in [5.41, 5.74) is 0. The van der Waals surface area contributed by atoms with Crippen molar-refractivity contribution in [3.63, 3.8) is 0 Å². The quantitative estimate of drug-likeness (QED) is 0.796. The molecule has 1 aliphatic heterocycles. The number of nitrogens with one attached hydrogen (secondary N) is 1. The summed E-state index contributed by atoms with van der Waals surface area (Å²) in [5.74, 6) is 1.72. The highest BCUT2D eigenvalue weighted by molar-refractivity contribution is 7.09. The molecule has 144 valence electrons. The summed E-state index contributed by atoms with van der Waals surface area (Å²) in [5, 5.41) is 15.7. The summed E-state index contributed by atoms with van der Waals surface area (Å²) in [4.78, 5) is 24.5. The molecule has 4 atom stereocenters. The number of amides is 1. The Kier molecular flexibility index (Phi) is 5.69. The number of hydrogen-bond donors (Lipinski definition) is 2. The third kappa shape index (κ3) is 4.47. The van der Waals surface area contributed by atoms with Crippen molar-refractivity contribution in [3.05, 3.63) is 40.8 Å². The van der Waals surface area contributed by atoms with Crippen LogP contribution >= 0.6 is 11.3 Å². The Hall–Kier alpha value is -1.99. The zero-order valence-corrected chi connectivity index (χ0v) is 16.1. The van der Waals surface area contributed by atoms with Crippen LogP contribution < -0.4 is 10.2 Å². The van der Waals surface area contributed by atoms with Crippen LogP contribution in [-0.4, -0.2) is 46.2 Å². The van der Waals surface area contributed by atoms with Gasteiger partial charge in [-0.25, -0.2) is 9.97 Å². The molecule has 1 saturated heterocycles. The molecular formula is C20H26N4O2S. The van der Waals surface area contributed by atoms with Crippen molar-refractivity contribution in [1.82, 2.24) is 15.3 Å². The van der Waals surface area contributed by atoms with Gasteiger partial charge in [-0.15, -0.1) is 11.3 Å². The number of hydrogen-bond acceptors (Lipinski definition) is 6. The SMILES string of the molecule is O=C(CCCc1cccs1)N[C@H]1C[C@H]2CN(c3ncccn3)C[C@H]2C[C@@H]1O. The Morgan fingerprint density at radius 2 is 2.00 bits per heavy atom. The molecule has 0 bridgehead atoms. The van der Waals surface area contributed by atoms with Crippen LogP contribution in [-0.2, 0) is 11.2 Å². The van der Waals surface area contributed by atoms with Gasteiger partial charge in [0.05, 0.1) is 12.1 Å². The normalized spacial score (nSPS) is 27.4. The first-order valence-corrected chi connectivity index (χ1v) is 10.6. The maximum atomic E-state index is 12.3. The van der Waals surface area contributed by atoms with E-state index in [4.69, 9.17) is 0 Å². The Balaban J connectivity index is 1.27. The standard InChI is InChI=1S/C20H26N4O2S/c25-18-11-15-13-24(20-21-7-3-8-22-20)12-14(15)10-17(18)23-19(26)6-1-4-16-5-2-9-27-16/h2-3,5,7-9,14-15,17-18,25H,1,4,6,10-13H2,(H,23,26)/t14-,15+,17-,18-/m0/s1. The van der Waals surface area contributed by atoms with Crippen LogP contribution in [0.15, 0.2) is 36.0 Å². The van der Waals surface area contributed by atoms with Gasteiger partial charge in [0.1, 0.15) is 0 Å². The van der Waals surface area contributed by atoms with Gasteiger partial charge in [-0.05, 0) is 55.0 Å². The molecule has 2 aromatic rings. The molecule has 2 N–H and O–H groups in total. The Labute approximate surface area is 163 Å². The van der Waals surface area contributed by atoms with Crippen molar-refractivity contribution >= 4 is 23.2 Å². The van der Waals surface area contributed by atoms with E-state index in [2.05, 4.69) is 31.6 Å². The molecule has 2 aromatic heterocycles. The average Bonchev–Trinajstić information content (AvgIpc) is 3.32. The molecule has 0 spiro atoms. The molecule has 2 aliphatic rings. The van der Waals surface area contributed by atoms with Crippen molar-refractivity contribution in [1.29, 1.82) is 0 Å². The summed E-state index contributed by atoms with van der Waals surface area (Å²) < 4.78 is 0. The van der Waals surface area contributed by atoms with Gasteiger partial charge >= 0.3 is 0 Å². The number of rotatable bonds is 6. The molecule has 0 aromatic carbocycles. The highest BCUT2D eigenvalue weighted by Crippen LogP contribution is 2.37. The molecule has 6 nitrogen and oxygen atoms in total. The molecule has 4 rings (SSSR count). The first-order valence-electron chi connectivity index (χ1n) is 9.71. The van der Waals surface area contributed by atoms with E-state index in [9.17, 15) is 9.90 Å². The fraction of sp³-hybridized carbons (Fsp3) is 0.550. The van der Waals surface area contributed by atoms with Gasteiger partial charge in [0.2, 0.25) is 11.9 Å². The zero-order valence-electron chi connectivity index (χ0n) is 15.3. The minimum atomic E-state index is -0.468. The molecule has 7 heteroatoms. The number of fused-ring (bicyclic) bond motifs is 1. The van der Waals surface area contributed by atoms with E-state index in [1.165, 1.54) is 4.88 Å². The topological polar surface area (TPSA) is 78.4 Å².